The standard InChI is InChI=1S/C6H11.C5H6NO2.H2N.Y/c1-2-4-6-5-3-1;7-4-6-2-1-5(8)3-6;;/h1H,2-6H2;1-3H2;1H2;/q3*-1;+3. The third-order valence-electron chi connectivity index (χ3n) is 2.47. The summed E-state index contributed by atoms with van der Waals surface area (Å²) in [5.41, 5.74) is 0. The zero-order valence-electron chi connectivity index (χ0n) is 9.65. The second-order valence-corrected chi connectivity index (χ2v) is 3.73. The van der Waals surface area contributed by atoms with E-state index in [-0.39, 0.29) is 51.2 Å². The number of carbonyl (C=O) groups is 1. The van der Waals surface area contributed by atoms with Gasteiger partial charge in [-0.1, -0.05) is 19.3 Å². The van der Waals surface area contributed by atoms with Crippen molar-refractivity contribution in [2.75, 3.05) is 13.1 Å². The predicted molar refractivity (Wildman–Crippen MR) is 59.6 cm³/mol. The van der Waals surface area contributed by atoms with E-state index in [2.05, 4.69) is 6.42 Å². The molecule has 2 N–H and O–H groups in total. The summed E-state index contributed by atoms with van der Waals surface area (Å²) in [7, 11) is 0. The largest absolute Gasteiger partial charge is 3.00 e. The molecule has 0 spiro atoms. The molecule has 0 unspecified atom stereocenters. The summed E-state index contributed by atoms with van der Waals surface area (Å²) in [6.07, 6.45) is 11.7. The van der Waals surface area contributed by atoms with Gasteiger partial charge in [-0.3, -0.25) is 4.79 Å². The molecule has 1 aliphatic heterocycles. The van der Waals surface area contributed by atoms with Crippen molar-refractivity contribution in [2.45, 2.75) is 38.5 Å². The Balaban J connectivity index is 0. The molecule has 0 aromatic rings. The van der Waals surface area contributed by atoms with E-state index in [0.717, 1.165) is 0 Å². The summed E-state index contributed by atoms with van der Waals surface area (Å²) in [6, 6.07) is 0. The second kappa shape index (κ2) is 11.7. The average molecular weight is 300 g/mol. The number of carbonyl (C=O) groups excluding carboxylic acids is 2. The molecular formula is C11H19N2O2Y. The van der Waals surface area contributed by atoms with E-state index in [0.29, 0.717) is 13.0 Å². The van der Waals surface area contributed by atoms with Crippen molar-refractivity contribution in [2.24, 2.45) is 0 Å². The molecule has 2 fully saturated rings. The summed E-state index contributed by atoms with van der Waals surface area (Å²) in [4.78, 5) is 21.5. The zero-order valence-corrected chi connectivity index (χ0v) is 12.5. The van der Waals surface area contributed by atoms with Crippen LogP contribution in [-0.2, 0) is 42.3 Å². The summed E-state index contributed by atoms with van der Waals surface area (Å²) in [5.74, 6) is 0.133. The van der Waals surface area contributed by atoms with Gasteiger partial charge in [0.25, 0.3) is 0 Å². The number of rotatable bonds is 1. The van der Waals surface area contributed by atoms with E-state index in [1.165, 1.54) is 37.0 Å². The van der Waals surface area contributed by atoms with Gasteiger partial charge in [0.05, 0.1) is 0 Å². The number of hydrogen-bond acceptors (Lipinski definition) is 2. The number of amides is 1. The molecule has 0 aromatic heterocycles. The van der Waals surface area contributed by atoms with Crippen LogP contribution in [0.4, 0.5) is 0 Å². The Morgan fingerprint density at radius 2 is 1.81 bits per heavy atom. The summed E-state index contributed by atoms with van der Waals surface area (Å²) >= 11 is 0. The van der Waals surface area contributed by atoms with Crippen LogP contribution in [0.5, 0.6) is 0 Å². The topological polar surface area (TPSA) is 70.9 Å². The molecule has 1 amide bonds. The molecule has 1 saturated carbocycles. The van der Waals surface area contributed by atoms with Gasteiger partial charge in [-0.15, -0.1) is 0 Å². The molecule has 16 heavy (non-hydrogen) atoms. The molecule has 0 bridgehead atoms. The van der Waals surface area contributed by atoms with E-state index in [4.69, 9.17) is 0 Å². The maximum atomic E-state index is 10.4. The first-order valence-electron chi connectivity index (χ1n) is 5.29. The molecule has 88 valence electrons. The van der Waals surface area contributed by atoms with Crippen LogP contribution < -0.4 is 0 Å². The molecule has 0 atom stereocenters. The monoisotopic (exact) mass is 300 g/mol. The molecule has 2 rings (SSSR count). The van der Waals surface area contributed by atoms with E-state index >= 15 is 0 Å². The van der Waals surface area contributed by atoms with Crippen molar-refractivity contribution in [3.05, 3.63) is 12.6 Å². The Bertz CT molecular complexity index is 185. The van der Waals surface area contributed by atoms with Gasteiger partial charge >= 0.3 is 32.7 Å². The van der Waals surface area contributed by atoms with Crippen LogP contribution in [0, 0.1) is 6.42 Å². The quantitative estimate of drug-likeness (QED) is 0.696. The summed E-state index contributed by atoms with van der Waals surface area (Å²) in [6.45, 7) is 0.825. The van der Waals surface area contributed by atoms with Crippen LogP contribution in [0.25, 0.3) is 6.15 Å². The van der Waals surface area contributed by atoms with Gasteiger partial charge in [0, 0.05) is 13.0 Å². The Morgan fingerprint density at radius 1 is 1.19 bits per heavy atom. The van der Waals surface area contributed by atoms with E-state index in [9.17, 15) is 9.59 Å². The Hall–Kier alpha value is 0.204. The van der Waals surface area contributed by atoms with Gasteiger partial charge in [-0.25, -0.2) is 0 Å². The molecule has 5 heteroatoms. The number of hydrogen-bond donors (Lipinski definition) is 0. The van der Waals surface area contributed by atoms with Crippen molar-refractivity contribution in [1.29, 1.82) is 0 Å². The van der Waals surface area contributed by atoms with E-state index in [1.807, 2.05) is 0 Å². The molecule has 0 radical (unpaired) electrons. The Kier molecular flexibility index (Phi) is 13.6. The minimum absolute atomic E-state index is 0. The smallest absolute Gasteiger partial charge is 0.693 e. The third kappa shape index (κ3) is 8.37. The SMILES string of the molecule is O=[C-]N1CCC(=O)C1.[CH-]1CCCCC1.[NH2-].[Y+3]. The van der Waals surface area contributed by atoms with Gasteiger partial charge in [-0.2, -0.15) is 19.3 Å². The fourth-order valence-electron chi connectivity index (χ4n) is 1.61. The first-order valence-corrected chi connectivity index (χ1v) is 5.29. The van der Waals surface area contributed by atoms with Crippen molar-refractivity contribution in [3.8, 4) is 0 Å². The van der Waals surface area contributed by atoms with Crippen molar-refractivity contribution >= 4 is 12.2 Å². The number of Topliss-reactive ketones (excluding diaryl/α,β-unsaturated/α-hetero) is 1. The Morgan fingerprint density at radius 3 is 2.00 bits per heavy atom. The minimum Gasteiger partial charge on any atom is -0.693 e. The van der Waals surface area contributed by atoms with Crippen molar-refractivity contribution in [3.63, 3.8) is 0 Å². The number of nitrogens with zero attached hydrogens (tertiary/aromatic N) is 1. The number of likely N-dealkylation sites (tertiary alicyclic amines) is 1. The number of nitrogens with two attached hydrogens (primary N) is 1. The fourth-order valence-corrected chi connectivity index (χ4v) is 1.61. The molecule has 1 saturated heterocycles. The van der Waals surface area contributed by atoms with Gasteiger partial charge in [-0.05, 0) is 6.54 Å². The fraction of sp³-hybridized carbons (Fsp3) is 0.727. The molecule has 0 aromatic carbocycles. The van der Waals surface area contributed by atoms with E-state index in [1.54, 1.807) is 6.41 Å². The van der Waals surface area contributed by atoms with Crippen LogP contribution in [0.1, 0.15) is 38.5 Å². The van der Waals surface area contributed by atoms with Gasteiger partial charge < -0.3 is 22.3 Å². The van der Waals surface area contributed by atoms with E-state index < -0.39 is 0 Å². The minimum atomic E-state index is 0. The van der Waals surface area contributed by atoms with Crippen molar-refractivity contribution < 1.29 is 42.3 Å². The normalized spacial score (nSPS) is 18.8. The maximum Gasteiger partial charge on any atom is 3.00 e. The molecule has 2 aliphatic rings. The first kappa shape index (κ1) is 18.6. The summed E-state index contributed by atoms with van der Waals surface area (Å²) in [5, 5.41) is 0. The average Bonchev–Trinajstić information content (AvgIpc) is 2.68. The first-order chi connectivity index (χ1) is 6.83. The molecule has 1 aliphatic carbocycles. The van der Waals surface area contributed by atoms with Crippen LogP contribution >= 0.6 is 0 Å². The van der Waals surface area contributed by atoms with Gasteiger partial charge in [0.15, 0.2) is 5.78 Å². The zero-order chi connectivity index (χ0) is 10.2. The predicted octanol–water partition coefficient (Wildman–Crippen LogP) is 2.20. The van der Waals surface area contributed by atoms with Crippen LogP contribution in [-0.4, -0.2) is 30.2 Å². The van der Waals surface area contributed by atoms with Gasteiger partial charge in [0.1, 0.15) is 0 Å². The molecule has 4 nitrogen and oxygen atoms in total. The van der Waals surface area contributed by atoms with Crippen LogP contribution in [0.15, 0.2) is 0 Å². The maximum absolute atomic E-state index is 10.4. The number of ketones is 1. The van der Waals surface area contributed by atoms with Crippen molar-refractivity contribution in [1.82, 2.24) is 4.90 Å². The molecular weight excluding hydrogens is 281 g/mol. The second-order valence-electron chi connectivity index (χ2n) is 3.73. The Labute approximate surface area is 123 Å². The van der Waals surface area contributed by atoms with Crippen LogP contribution in [0.3, 0.4) is 0 Å². The molecule has 1 heterocycles. The summed E-state index contributed by atoms with van der Waals surface area (Å²) < 4.78 is 0. The van der Waals surface area contributed by atoms with Crippen LogP contribution in [0.2, 0.25) is 0 Å². The van der Waals surface area contributed by atoms with Gasteiger partial charge in [0.2, 0.25) is 0 Å². The third-order valence-corrected chi connectivity index (χ3v) is 2.47.